The molecule has 166 valence electrons. The summed E-state index contributed by atoms with van der Waals surface area (Å²) in [6.07, 6.45) is 1.48. The number of nitrogens with zero attached hydrogens (tertiary/aromatic N) is 3. The lowest BCUT2D eigenvalue weighted by Gasteiger charge is -2.19. The first-order chi connectivity index (χ1) is 14.5. The van der Waals surface area contributed by atoms with Crippen molar-refractivity contribution in [3.05, 3.63) is 59.1 Å². The van der Waals surface area contributed by atoms with Crippen LogP contribution in [0.3, 0.4) is 0 Å². The zero-order valence-electron chi connectivity index (χ0n) is 17.7. The predicted molar refractivity (Wildman–Crippen MR) is 118 cm³/mol. The number of hydrogen-bond acceptors (Lipinski definition) is 5. The van der Waals surface area contributed by atoms with Crippen molar-refractivity contribution < 1.29 is 17.5 Å². The number of rotatable bonds is 7. The van der Waals surface area contributed by atoms with Crippen LogP contribution in [0.15, 0.2) is 47.6 Å². The summed E-state index contributed by atoms with van der Waals surface area (Å²) in [5, 5.41) is 7.77. The highest BCUT2D eigenvalue weighted by Crippen LogP contribution is 2.33. The van der Waals surface area contributed by atoms with Gasteiger partial charge in [0, 0.05) is 25.3 Å². The van der Waals surface area contributed by atoms with Crippen LogP contribution in [0.25, 0.3) is 11.4 Å². The van der Waals surface area contributed by atoms with Crippen molar-refractivity contribution in [2.24, 2.45) is 0 Å². The number of nitrogens with one attached hydrogen (secondary N) is 1. The van der Waals surface area contributed by atoms with E-state index in [4.69, 9.17) is 16.3 Å². The van der Waals surface area contributed by atoms with Gasteiger partial charge in [0.05, 0.1) is 22.2 Å². The van der Waals surface area contributed by atoms with Gasteiger partial charge in [-0.25, -0.2) is 12.8 Å². The summed E-state index contributed by atoms with van der Waals surface area (Å²) in [5.74, 6) is -0.422. The summed E-state index contributed by atoms with van der Waals surface area (Å²) >= 11 is 5.97. The summed E-state index contributed by atoms with van der Waals surface area (Å²) in [6.45, 7) is 6.93. The molecule has 1 N–H and O–H groups in total. The molecule has 0 aliphatic rings. The van der Waals surface area contributed by atoms with Gasteiger partial charge >= 0.3 is 0 Å². The molecule has 3 aromatic rings. The third-order valence-corrected chi connectivity index (χ3v) is 6.40. The third-order valence-electron chi connectivity index (χ3n) is 4.73. The first kappa shape index (κ1) is 23.2. The molecule has 10 heteroatoms. The Morgan fingerprint density at radius 3 is 2.48 bits per heavy atom. The topological polar surface area (TPSA) is 86.1 Å². The molecule has 0 spiro atoms. The van der Waals surface area contributed by atoms with E-state index >= 15 is 0 Å². The number of methoxy groups -OCH3 is 1. The van der Waals surface area contributed by atoms with Crippen LogP contribution in [-0.4, -0.2) is 36.9 Å². The number of hydrogen-bond donors (Lipinski definition) is 1. The standard InChI is InChI=1S/C21H24ClFN4O3S/c1-21(2,3)14-5-7-15(8-6-14)31(28,29)26-19-12-18(23)17(22)11-16(19)20-25-24-13-27(20)9-10-30-4/h5-8,11-13,26H,9-10H2,1-4H3. The molecular weight excluding hydrogens is 443 g/mol. The summed E-state index contributed by atoms with van der Waals surface area (Å²) in [7, 11) is -2.43. The molecule has 1 aromatic heterocycles. The van der Waals surface area contributed by atoms with Crippen molar-refractivity contribution in [3.8, 4) is 11.4 Å². The van der Waals surface area contributed by atoms with Gasteiger partial charge in [0.1, 0.15) is 12.1 Å². The van der Waals surface area contributed by atoms with Crippen molar-refractivity contribution >= 4 is 27.3 Å². The minimum Gasteiger partial charge on any atom is -0.383 e. The van der Waals surface area contributed by atoms with Gasteiger partial charge in [-0.05, 0) is 29.2 Å². The number of aromatic nitrogens is 3. The van der Waals surface area contributed by atoms with E-state index in [2.05, 4.69) is 14.9 Å². The fourth-order valence-electron chi connectivity index (χ4n) is 2.97. The van der Waals surface area contributed by atoms with Gasteiger partial charge in [-0.1, -0.05) is 44.5 Å². The molecule has 0 radical (unpaired) electrons. The molecule has 0 aliphatic heterocycles. The average molecular weight is 467 g/mol. The zero-order valence-corrected chi connectivity index (χ0v) is 19.3. The highest BCUT2D eigenvalue weighted by molar-refractivity contribution is 7.92. The lowest BCUT2D eigenvalue weighted by molar-refractivity contribution is 0.187. The summed E-state index contributed by atoms with van der Waals surface area (Å²) in [6, 6.07) is 8.93. The maximum absolute atomic E-state index is 14.2. The Morgan fingerprint density at radius 2 is 1.87 bits per heavy atom. The molecule has 0 amide bonds. The number of benzene rings is 2. The van der Waals surface area contributed by atoms with E-state index in [1.54, 1.807) is 23.8 Å². The summed E-state index contributed by atoms with van der Waals surface area (Å²) in [4.78, 5) is 0.0580. The van der Waals surface area contributed by atoms with E-state index in [9.17, 15) is 12.8 Å². The SMILES string of the molecule is COCCn1cnnc1-c1cc(Cl)c(F)cc1NS(=O)(=O)c1ccc(C(C)(C)C)cc1. The Morgan fingerprint density at radius 1 is 1.19 bits per heavy atom. The molecule has 0 unspecified atom stereocenters. The smallest absolute Gasteiger partial charge is 0.261 e. The minimum absolute atomic E-state index is 0.00784. The Hall–Kier alpha value is -2.49. The highest BCUT2D eigenvalue weighted by Gasteiger charge is 2.22. The van der Waals surface area contributed by atoms with Gasteiger partial charge in [-0.3, -0.25) is 4.72 Å². The van der Waals surface area contributed by atoms with Gasteiger partial charge < -0.3 is 9.30 Å². The number of ether oxygens (including phenoxy) is 1. The van der Waals surface area contributed by atoms with Crippen molar-refractivity contribution in [1.29, 1.82) is 0 Å². The summed E-state index contributed by atoms with van der Waals surface area (Å²) < 4.78 is 49.5. The molecule has 3 rings (SSSR count). The fraction of sp³-hybridized carbons (Fsp3) is 0.333. The van der Waals surface area contributed by atoms with Crippen LogP contribution in [0.2, 0.25) is 5.02 Å². The Kier molecular flexibility index (Phi) is 6.68. The van der Waals surface area contributed by atoms with Crippen molar-refractivity contribution in [1.82, 2.24) is 14.8 Å². The average Bonchev–Trinajstić information content (AvgIpc) is 3.16. The van der Waals surface area contributed by atoms with Crippen molar-refractivity contribution in [2.75, 3.05) is 18.4 Å². The molecule has 0 bridgehead atoms. The highest BCUT2D eigenvalue weighted by atomic mass is 35.5. The van der Waals surface area contributed by atoms with Gasteiger partial charge in [0.2, 0.25) is 0 Å². The van der Waals surface area contributed by atoms with Crippen LogP contribution < -0.4 is 4.72 Å². The molecule has 0 saturated carbocycles. The van der Waals surface area contributed by atoms with Crippen LogP contribution in [0.5, 0.6) is 0 Å². The fourth-order valence-corrected chi connectivity index (χ4v) is 4.21. The molecule has 2 aromatic carbocycles. The van der Waals surface area contributed by atoms with Gasteiger partial charge in [0.25, 0.3) is 10.0 Å². The molecule has 7 nitrogen and oxygen atoms in total. The summed E-state index contributed by atoms with van der Waals surface area (Å²) in [5.41, 5.74) is 1.19. The second-order valence-corrected chi connectivity index (χ2v) is 10.1. The zero-order chi connectivity index (χ0) is 22.8. The normalized spacial score (nSPS) is 12.2. The molecule has 0 atom stereocenters. The van der Waals surface area contributed by atoms with Crippen LogP contribution in [0.1, 0.15) is 26.3 Å². The van der Waals surface area contributed by atoms with E-state index < -0.39 is 15.8 Å². The molecular formula is C21H24ClFN4O3S. The van der Waals surface area contributed by atoms with E-state index in [1.807, 2.05) is 20.8 Å². The van der Waals surface area contributed by atoms with Gasteiger partial charge in [-0.15, -0.1) is 10.2 Å². The van der Waals surface area contributed by atoms with Gasteiger partial charge in [0.15, 0.2) is 5.82 Å². The molecule has 31 heavy (non-hydrogen) atoms. The maximum Gasteiger partial charge on any atom is 0.261 e. The predicted octanol–water partition coefficient (Wildman–Crippen LogP) is 4.48. The Bertz CT molecular complexity index is 1170. The molecule has 0 aliphatic carbocycles. The quantitative estimate of drug-likeness (QED) is 0.554. The van der Waals surface area contributed by atoms with E-state index in [1.165, 1.54) is 24.5 Å². The van der Waals surface area contributed by atoms with Gasteiger partial charge in [-0.2, -0.15) is 0 Å². The van der Waals surface area contributed by atoms with E-state index in [-0.39, 0.29) is 21.0 Å². The van der Waals surface area contributed by atoms with Crippen molar-refractivity contribution in [2.45, 2.75) is 37.6 Å². The second-order valence-electron chi connectivity index (χ2n) is 8.03. The van der Waals surface area contributed by atoms with Crippen LogP contribution in [0, 0.1) is 5.82 Å². The minimum atomic E-state index is -3.99. The monoisotopic (exact) mass is 466 g/mol. The molecule has 1 heterocycles. The van der Waals surface area contributed by atoms with E-state index in [0.717, 1.165) is 11.6 Å². The van der Waals surface area contributed by atoms with Crippen LogP contribution in [0.4, 0.5) is 10.1 Å². The lowest BCUT2D eigenvalue weighted by atomic mass is 9.87. The first-order valence-corrected chi connectivity index (χ1v) is 11.4. The third kappa shape index (κ3) is 5.23. The Balaban J connectivity index is 2.01. The van der Waals surface area contributed by atoms with Crippen LogP contribution in [-0.2, 0) is 26.7 Å². The largest absolute Gasteiger partial charge is 0.383 e. The van der Waals surface area contributed by atoms with Crippen LogP contribution >= 0.6 is 11.6 Å². The van der Waals surface area contributed by atoms with E-state index in [0.29, 0.717) is 24.5 Å². The number of halogens is 2. The maximum atomic E-state index is 14.2. The Labute approximate surface area is 186 Å². The number of sulfonamides is 1. The van der Waals surface area contributed by atoms with Crippen molar-refractivity contribution in [3.63, 3.8) is 0 Å². The lowest BCUT2D eigenvalue weighted by Crippen LogP contribution is -2.16. The molecule has 0 saturated heterocycles. The molecule has 0 fully saturated rings. The second kappa shape index (κ2) is 8.94. The number of anilines is 1. The first-order valence-electron chi connectivity index (χ1n) is 9.52.